The number of sulfonamides is 1. The van der Waals surface area contributed by atoms with Crippen molar-refractivity contribution in [1.82, 2.24) is 9.97 Å². The summed E-state index contributed by atoms with van der Waals surface area (Å²) in [6.07, 6.45) is 0. The molecule has 0 fully saturated rings. The van der Waals surface area contributed by atoms with Gasteiger partial charge in [-0.25, -0.2) is 18.4 Å². The summed E-state index contributed by atoms with van der Waals surface area (Å²) in [5, 5.41) is 4.00. The van der Waals surface area contributed by atoms with Crippen molar-refractivity contribution in [3.05, 3.63) is 76.3 Å². The Hall–Kier alpha value is -3.07. The number of hydrogen-bond donors (Lipinski definition) is 2. The van der Waals surface area contributed by atoms with Crippen LogP contribution in [-0.2, 0) is 10.0 Å². The minimum atomic E-state index is -3.95. The Bertz CT molecular complexity index is 1410. The topological polar surface area (TPSA) is 93.2 Å². The molecule has 7 nitrogen and oxygen atoms in total. The van der Waals surface area contributed by atoms with E-state index in [-0.39, 0.29) is 16.5 Å². The fourth-order valence-corrected chi connectivity index (χ4v) is 4.34. The highest BCUT2D eigenvalue weighted by molar-refractivity contribution is 7.92. The van der Waals surface area contributed by atoms with Crippen LogP contribution < -0.4 is 14.8 Å². The molecule has 0 aliphatic rings. The monoisotopic (exact) mass is 488 g/mol. The zero-order chi connectivity index (χ0) is 22.9. The quantitative estimate of drug-likeness (QED) is 0.356. The molecule has 0 atom stereocenters. The van der Waals surface area contributed by atoms with Gasteiger partial charge in [0.15, 0.2) is 11.6 Å². The van der Waals surface area contributed by atoms with E-state index in [2.05, 4.69) is 20.0 Å². The summed E-state index contributed by atoms with van der Waals surface area (Å²) in [7, 11) is -2.43. The van der Waals surface area contributed by atoms with Crippen molar-refractivity contribution < 1.29 is 13.2 Å². The van der Waals surface area contributed by atoms with Gasteiger partial charge in [-0.05, 0) is 67.1 Å². The maximum Gasteiger partial charge on any atom is 0.263 e. The Morgan fingerprint density at radius 3 is 2.25 bits per heavy atom. The van der Waals surface area contributed by atoms with E-state index in [4.69, 9.17) is 27.9 Å². The minimum Gasteiger partial charge on any atom is -0.495 e. The van der Waals surface area contributed by atoms with Crippen molar-refractivity contribution in [3.63, 3.8) is 0 Å². The summed E-state index contributed by atoms with van der Waals surface area (Å²) in [5.74, 6) is 0.728. The van der Waals surface area contributed by atoms with Gasteiger partial charge in [0.25, 0.3) is 10.0 Å². The molecule has 0 aliphatic heterocycles. The molecule has 0 radical (unpaired) electrons. The molecule has 0 saturated carbocycles. The maximum atomic E-state index is 13.0. The molecule has 0 unspecified atom stereocenters. The predicted octanol–water partition coefficient (Wildman–Crippen LogP) is 5.80. The highest BCUT2D eigenvalue weighted by Gasteiger charge is 2.20. The number of aromatic nitrogens is 2. The van der Waals surface area contributed by atoms with Crippen LogP contribution in [0.1, 0.15) is 5.56 Å². The van der Waals surface area contributed by atoms with Crippen LogP contribution in [0.25, 0.3) is 11.0 Å². The molecule has 3 aromatic carbocycles. The van der Waals surface area contributed by atoms with Crippen molar-refractivity contribution in [1.29, 1.82) is 0 Å². The lowest BCUT2D eigenvalue weighted by Crippen LogP contribution is -2.16. The Labute approximate surface area is 195 Å². The maximum absolute atomic E-state index is 13.0. The molecule has 2 N–H and O–H groups in total. The normalized spacial score (nSPS) is 11.4. The van der Waals surface area contributed by atoms with E-state index in [1.165, 1.54) is 31.4 Å². The Balaban J connectivity index is 1.83. The molecule has 164 valence electrons. The molecule has 32 heavy (non-hydrogen) atoms. The van der Waals surface area contributed by atoms with Crippen LogP contribution in [-0.4, -0.2) is 25.5 Å². The molecule has 0 saturated heterocycles. The van der Waals surface area contributed by atoms with E-state index in [0.29, 0.717) is 32.5 Å². The number of hydrogen-bond acceptors (Lipinski definition) is 6. The summed E-state index contributed by atoms with van der Waals surface area (Å²) in [4.78, 5) is 9.15. The van der Waals surface area contributed by atoms with Gasteiger partial charge >= 0.3 is 0 Å². The SMILES string of the molecule is COc1ccc(Cl)cc1Nc1nc2cc(C)ccc2nc1NS(=O)(=O)c1ccc(Cl)cc1. The lowest BCUT2D eigenvalue weighted by molar-refractivity contribution is 0.417. The molecule has 1 aromatic heterocycles. The molecule has 10 heteroatoms. The molecular weight excluding hydrogens is 471 g/mol. The number of fused-ring (bicyclic) bond motifs is 1. The van der Waals surface area contributed by atoms with Crippen LogP contribution in [0.15, 0.2) is 65.6 Å². The highest BCUT2D eigenvalue weighted by atomic mass is 35.5. The van der Waals surface area contributed by atoms with Crippen LogP contribution in [0, 0.1) is 6.92 Å². The number of methoxy groups -OCH3 is 1. The fourth-order valence-electron chi connectivity index (χ4n) is 3.03. The number of ether oxygens (including phenoxy) is 1. The first-order valence-electron chi connectivity index (χ1n) is 9.42. The standard InChI is InChI=1S/C22H18Cl2N4O3S/c1-13-3-9-17-18(11-13)26-21(27-19-12-15(24)6-10-20(19)31-2)22(25-17)28-32(29,30)16-7-4-14(23)5-8-16/h3-12H,1-2H3,(H,25,28)(H,26,27). The van der Waals surface area contributed by atoms with Crippen LogP contribution >= 0.6 is 23.2 Å². The third-order valence-electron chi connectivity index (χ3n) is 4.59. The van der Waals surface area contributed by atoms with Gasteiger partial charge < -0.3 is 10.1 Å². The zero-order valence-electron chi connectivity index (χ0n) is 17.1. The van der Waals surface area contributed by atoms with Crippen molar-refractivity contribution in [2.75, 3.05) is 17.1 Å². The summed E-state index contributed by atoms with van der Waals surface area (Å²) in [6, 6.07) is 16.4. The van der Waals surface area contributed by atoms with Crippen LogP contribution in [0.5, 0.6) is 5.75 Å². The van der Waals surface area contributed by atoms with E-state index in [1.807, 2.05) is 19.1 Å². The van der Waals surface area contributed by atoms with E-state index in [1.54, 1.807) is 24.3 Å². The van der Waals surface area contributed by atoms with Gasteiger partial charge in [0.2, 0.25) is 0 Å². The second-order valence-corrected chi connectivity index (χ2v) is 9.50. The zero-order valence-corrected chi connectivity index (χ0v) is 19.4. The summed E-state index contributed by atoms with van der Waals surface area (Å²) in [6.45, 7) is 1.94. The second kappa shape index (κ2) is 8.82. The van der Waals surface area contributed by atoms with Crippen LogP contribution in [0.3, 0.4) is 0 Å². The highest BCUT2D eigenvalue weighted by Crippen LogP contribution is 2.33. The van der Waals surface area contributed by atoms with E-state index in [0.717, 1.165) is 5.56 Å². The molecule has 0 amide bonds. The van der Waals surface area contributed by atoms with E-state index in [9.17, 15) is 8.42 Å². The van der Waals surface area contributed by atoms with Gasteiger partial charge in [-0.3, -0.25) is 4.72 Å². The molecule has 1 heterocycles. The molecule has 0 aliphatic carbocycles. The number of aryl methyl sites for hydroxylation is 1. The predicted molar refractivity (Wildman–Crippen MR) is 128 cm³/mol. The third-order valence-corrected chi connectivity index (χ3v) is 6.43. The molecule has 4 rings (SSSR count). The third kappa shape index (κ3) is 4.72. The number of anilines is 3. The summed E-state index contributed by atoms with van der Waals surface area (Å²) in [5.41, 5.74) is 2.64. The minimum absolute atomic E-state index is 0.0262. The number of nitrogens with zero attached hydrogens (tertiary/aromatic N) is 2. The van der Waals surface area contributed by atoms with Gasteiger partial charge in [0.05, 0.1) is 28.7 Å². The average molecular weight is 489 g/mol. The largest absolute Gasteiger partial charge is 0.495 e. The number of nitrogens with one attached hydrogen (secondary N) is 2. The van der Waals surface area contributed by atoms with E-state index < -0.39 is 10.0 Å². The number of rotatable bonds is 6. The Kier molecular flexibility index (Phi) is 6.10. The van der Waals surface area contributed by atoms with Crippen molar-refractivity contribution in [2.45, 2.75) is 11.8 Å². The number of halogens is 2. The van der Waals surface area contributed by atoms with Crippen LogP contribution in [0.4, 0.5) is 17.3 Å². The molecule has 0 spiro atoms. The lowest BCUT2D eigenvalue weighted by Gasteiger charge is -2.16. The fraction of sp³-hybridized carbons (Fsp3) is 0.0909. The molecule has 4 aromatic rings. The number of benzene rings is 3. The van der Waals surface area contributed by atoms with Gasteiger partial charge in [-0.1, -0.05) is 29.3 Å². The summed E-state index contributed by atoms with van der Waals surface area (Å²) < 4.78 is 33.9. The lowest BCUT2D eigenvalue weighted by atomic mass is 10.2. The van der Waals surface area contributed by atoms with Crippen LogP contribution in [0.2, 0.25) is 10.0 Å². The van der Waals surface area contributed by atoms with Gasteiger partial charge in [0.1, 0.15) is 5.75 Å². The first-order chi connectivity index (χ1) is 15.2. The van der Waals surface area contributed by atoms with Crippen molar-refractivity contribution in [2.24, 2.45) is 0 Å². The summed E-state index contributed by atoms with van der Waals surface area (Å²) >= 11 is 12.0. The van der Waals surface area contributed by atoms with Gasteiger partial charge in [-0.15, -0.1) is 0 Å². The Morgan fingerprint density at radius 1 is 0.844 bits per heavy atom. The Morgan fingerprint density at radius 2 is 1.53 bits per heavy atom. The smallest absolute Gasteiger partial charge is 0.263 e. The van der Waals surface area contributed by atoms with Crippen molar-refractivity contribution in [3.8, 4) is 5.75 Å². The van der Waals surface area contributed by atoms with E-state index >= 15 is 0 Å². The molecular formula is C22H18Cl2N4O3S. The molecule has 0 bridgehead atoms. The average Bonchev–Trinajstić information content (AvgIpc) is 2.74. The first-order valence-corrected chi connectivity index (χ1v) is 11.7. The first kappa shape index (κ1) is 22.1. The van der Waals surface area contributed by atoms with Gasteiger partial charge in [0, 0.05) is 10.0 Å². The van der Waals surface area contributed by atoms with Gasteiger partial charge in [-0.2, -0.15) is 0 Å². The second-order valence-electron chi connectivity index (χ2n) is 6.94. The van der Waals surface area contributed by atoms with Crippen molar-refractivity contribution >= 4 is 61.6 Å².